The van der Waals surface area contributed by atoms with Crippen LogP contribution in [0.25, 0.3) is 22.6 Å². The number of fused-ring (bicyclic) bond motifs is 1. The zero-order valence-corrected chi connectivity index (χ0v) is 14.6. The molecule has 0 atom stereocenters. The molecule has 2 heterocycles. The fourth-order valence-electron chi connectivity index (χ4n) is 2.19. The van der Waals surface area contributed by atoms with Crippen LogP contribution in [0, 0.1) is 0 Å². The summed E-state index contributed by atoms with van der Waals surface area (Å²) < 4.78 is 53.2. The maximum atomic E-state index is 12.2. The molecule has 0 bridgehead atoms. The summed E-state index contributed by atoms with van der Waals surface area (Å²) in [7, 11) is -6.93. The molecule has 3 rings (SSSR count). The summed E-state index contributed by atoms with van der Waals surface area (Å²) in [5, 5.41) is -0.109. The van der Waals surface area contributed by atoms with Gasteiger partial charge in [-0.25, -0.2) is 26.8 Å². The third-order valence-corrected chi connectivity index (χ3v) is 6.25. The third kappa shape index (κ3) is 2.92. The summed E-state index contributed by atoms with van der Waals surface area (Å²) in [6.07, 6.45) is 2.48. The maximum absolute atomic E-state index is 12.2. The normalized spacial score (nSPS) is 12.6. The first kappa shape index (κ1) is 16.6. The standard InChI is InChI=1S/C15H14N2O5S2/c1-3-24(20,21)15-11(5-4-8-16-15)14-17-12-9-10(23(2,18)19)6-7-13(12)22-14/h4-9H,3H2,1-2H3. The molecule has 0 radical (unpaired) electrons. The molecule has 0 amide bonds. The van der Waals surface area contributed by atoms with Crippen molar-refractivity contribution in [3.8, 4) is 11.5 Å². The van der Waals surface area contributed by atoms with Gasteiger partial charge in [0.15, 0.2) is 30.3 Å². The smallest absolute Gasteiger partial charge is 0.230 e. The molecule has 0 fully saturated rings. The average molecular weight is 366 g/mol. The van der Waals surface area contributed by atoms with Crippen LogP contribution in [0.2, 0.25) is 0 Å². The van der Waals surface area contributed by atoms with Crippen molar-refractivity contribution < 1.29 is 21.3 Å². The average Bonchev–Trinajstić information content (AvgIpc) is 2.97. The van der Waals surface area contributed by atoms with E-state index in [1.54, 1.807) is 12.1 Å². The van der Waals surface area contributed by atoms with Crippen molar-refractivity contribution >= 4 is 30.8 Å². The maximum Gasteiger partial charge on any atom is 0.230 e. The Hall–Kier alpha value is -2.26. The minimum atomic E-state index is -3.55. The quantitative estimate of drug-likeness (QED) is 0.695. The lowest BCUT2D eigenvalue weighted by Crippen LogP contribution is -2.07. The highest BCUT2D eigenvalue weighted by Crippen LogP contribution is 2.29. The van der Waals surface area contributed by atoms with E-state index in [1.807, 2.05) is 0 Å². The molecule has 0 aliphatic carbocycles. The van der Waals surface area contributed by atoms with Gasteiger partial charge in [0.05, 0.1) is 16.2 Å². The van der Waals surface area contributed by atoms with Crippen molar-refractivity contribution in [1.82, 2.24) is 9.97 Å². The summed E-state index contributed by atoms with van der Waals surface area (Å²) in [6.45, 7) is 1.53. The Balaban J connectivity index is 2.22. The van der Waals surface area contributed by atoms with E-state index in [2.05, 4.69) is 9.97 Å². The van der Waals surface area contributed by atoms with Crippen LogP contribution >= 0.6 is 0 Å². The lowest BCUT2D eigenvalue weighted by Gasteiger charge is -2.04. The summed E-state index contributed by atoms with van der Waals surface area (Å²) >= 11 is 0. The van der Waals surface area contributed by atoms with Crippen LogP contribution in [0.15, 0.2) is 50.9 Å². The molecule has 0 aliphatic rings. The van der Waals surface area contributed by atoms with Crippen molar-refractivity contribution in [1.29, 1.82) is 0 Å². The summed E-state index contributed by atoms with van der Waals surface area (Å²) in [5.41, 5.74) is 0.939. The van der Waals surface area contributed by atoms with Crippen LogP contribution in [0.1, 0.15) is 6.92 Å². The fraction of sp³-hybridized carbons (Fsp3) is 0.200. The lowest BCUT2D eigenvalue weighted by atomic mass is 10.3. The SMILES string of the molecule is CCS(=O)(=O)c1ncccc1-c1nc2cc(S(C)(=O)=O)ccc2o1. The van der Waals surface area contributed by atoms with Gasteiger partial charge in [0.25, 0.3) is 0 Å². The van der Waals surface area contributed by atoms with Crippen LogP contribution < -0.4 is 0 Å². The van der Waals surface area contributed by atoms with Gasteiger partial charge in [-0.05, 0) is 30.3 Å². The van der Waals surface area contributed by atoms with E-state index in [1.165, 1.54) is 31.3 Å². The molecule has 0 aliphatic heterocycles. The number of benzene rings is 1. The molecule has 3 aromatic rings. The van der Waals surface area contributed by atoms with E-state index in [-0.39, 0.29) is 27.1 Å². The Kier molecular flexibility index (Phi) is 3.92. The molecule has 7 nitrogen and oxygen atoms in total. The van der Waals surface area contributed by atoms with Crippen LogP contribution in [0.3, 0.4) is 0 Å². The monoisotopic (exact) mass is 366 g/mol. The summed E-state index contributed by atoms with van der Waals surface area (Å²) in [4.78, 5) is 8.28. The van der Waals surface area contributed by atoms with Crippen molar-refractivity contribution in [3.63, 3.8) is 0 Å². The molecule has 0 unspecified atom stereocenters. The second kappa shape index (κ2) is 5.67. The highest BCUT2D eigenvalue weighted by atomic mass is 32.2. The van der Waals surface area contributed by atoms with Gasteiger partial charge in [-0.3, -0.25) is 0 Å². The Morgan fingerprint density at radius 2 is 1.88 bits per heavy atom. The number of pyridine rings is 1. The number of nitrogens with zero attached hydrogens (tertiary/aromatic N) is 2. The zero-order valence-electron chi connectivity index (χ0n) is 12.9. The first-order valence-corrected chi connectivity index (χ1v) is 10.6. The summed E-state index contributed by atoms with van der Waals surface area (Å²) in [6, 6.07) is 7.44. The van der Waals surface area contributed by atoms with E-state index >= 15 is 0 Å². The second-order valence-corrected chi connectivity index (χ2v) is 9.39. The first-order valence-electron chi connectivity index (χ1n) is 7.01. The van der Waals surface area contributed by atoms with Crippen molar-refractivity contribution in [2.24, 2.45) is 0 Å². The third-order valence-electron chi connectivity index (χ3n) is 3.46. The van der Waals surface area contributed by atoms with Crippen molar-refractivity contribution in [2.75, 3.05) is 12.0 Å². The van der Waals surface area contributed by atoms with Crippen molar-refractivity contribution in [3.05, 3.63) is 36.5 Å². The van der Waals surface area contributed by atoms with Crippen LogP contribution in [-0.4, -0.2) is 38.8 Å². The van der Waals surface area contributed by atoms with Gasteiger partial charge in [-0.15, -0.1) is 0 Å². The van der Waals surface area contributed by atoms with Crippen LogP contribution in [-0.2, 0) is 19.7 Å². The van der Waals surface area contributed by atoms with E-state index in [0.29, 0.717) is 11.1 Å². The van der Waals surface area contributed by atoms with Gasteiger partial charge in [0, 0.05) is 12.5 Å². The molecular formula is C15H14N2O5S2. The van der Waals surface area contributed by atoms with Gasteiger partial charge in [0.2, 0.25) is 5.89 Å². The molecule has 126 valence electrons. The summed E-state index contributed by atoms with van der Waals surface area (Å²) in [5.74, 6) is -0.0223. The molecular weight excluding hydrogens is 352 g/mol. The molecule has 0 saturated carbocycles. The molecule has 2 aromatic heterocycles. The Morgan fingerprint density at radius 1 is 1.12 bits per heavy atom. The zero-order chi connectivity index (χ0) is 17.5. The largest absolute Gasteiger partial charge is 0.436 e. The van der Waals surface area contributed by atoms with E-state index in [0.717, 1.165) is 6.26 Å². The van der Waals surface area contributed by atoms with Gasteiger partial charge in [-0.2, -0.15) is 0 Å². The number of oxazole rings is 1. The number of aromatic nitrogens is 2. The van der Waals surface area contributed by atoms with Gasteiger partial charge in [-0.1, -0.05) is 6.92 Å². The lowest BCUT2D eigenvalue weighted by molar-refractivity contribution is 0.589. The Bertz CT molecular complexity index is 1130. The van der Waals surface area contributed by atoms with Crippen LogP contribution in [0.5, 0.6) is 0 Å². The fourth-order valence-corrected chi connectivity index (χ4v) is 3.82. The number of hydrogen-bond donors (Lipinski definition) is 0. The van der Waals surface area contributed by atoms with E-state index < -0.39 is 19.7 Å². The number of rotatable bonds is 4. The Labute approximate surface area is 139 Å². The van der Waals surface area contributed by atoms with Gasteiger partial charge in [0.1, 0.15) is 5.52 Å². The number of sulfone groups is 2. The van der Waals surface area contributed by atoms with E-state index in [9.17, 15) is 16.8 Å². The molecule has 24 heavy (non-hydrogen) atoms. The predicted molar refractivity (Wildman–Crippen MR) is 88.1 cm³/mol. The van der Waals surface area contributed by atoms with Gasteiger partial charge >= 0.3 is 0 Å². The minimum absolute atomic E-state index is 0.0794. The van der Waals surface area contributed by atoms with E-state index in [4.69, 9.17) is 4.42 Å². The molecule has 1 aromatic carbocycles. The van der Waals surface area contributed by atoms with Crippen molar-refractivity contribution in [2.45, 2.75) is 16.8 Å². The topological polar surface area (TPSA) is 107 Å². The minimum Gasteiger partial charge on any atom is -0.436 e. The number of hydrogen-bond acceptors (Lipinski definition) is 7. The van der Waals surface area contributed by atoms with Crippen LogP contribution in [0.4, 0.5) is 0 Å². The second-order valence-electron chi connectivity index (χ2n) is 5.18. The Morgan fingerprint density at radius 3 is 2.54 bits per heavy atom. The molecule has 0 spiro atoms. The molecule has 0 N–H and O–H groups in total. The highest BCUT2D eigenvalue weighted by Gasteiger charge is 2.22. The van der Waals surface area contributed by atoms with Gasteiger partial charge < -0.3 is 4.42 Å². The highest BCUT2D eigenvalue weighted by molar-refractivity contribution is 7.91. The first-order chi connectivity index (χ1) is 11.2. The predicted octanol–water partition coefficient (Wildman–Crippen LogP) is 2.09. The molecule has 9 heteroatoms. The molecule has 0 saturated heterocycles.